The predicted octanol–water partition coefficient (Wildman–Crippen LogP) is 4.22. The van der Waals surface area contributed by atoms with E-state index in [9.17, 15) is 9.59 Å². The first-order valence-electron chi connectivity index (χ1n) is 10.3. The number of benzene rings is 2. The molecule has 5 rings (SSSR count). The summed E-state index contributed by atoms with van der Waals surface area (Å²) in [7, 11) is 0. The van der Waals surface area contributed by atoms with Crippen molar-refractivity contribution in [3.63, 3.8) is 0 Å². The number of thiazole rings is 1. The maximum atomic E-state index is 13.0. The molecule has 0 aliphatic carbocycles. The lowest BCUT2D eigenvalue weighted by atomic mass is 9.95. The van der Waals surface area contributed by atoms with Crippen molar-refractivity contribution in [2.24, 2.45) is 5.92 Å². The molecule has 2 aliphatic heterocycles. The number of para-hydroxylation sites is 2. The van der Waals surface area contributed by atoms with Gasteiger partial charge in [-0.2, -0.15) is 0 Å². The van der Waals surface area contributed by atoms with E-state index in [-0.39, 0.29) is 17.7 Å². The van der Waals surface area contributed by atoms with Crippen molar-refractivity contribution in [1.82, 2.24) is 9.88 Å². The second kappa shape index (κ2) is 8.40. The molecular weight excluding hydrogens is 414 g/mol. The quantitative estimate of drug-likeness (QED) is 0.574. The lowest BCUT2D eigenvalue weighted by Gasteiger charge is -2.33. The van der Waals surface area contributed by atoms with Crippen LogP contribution in [0.5, 0.6) is 0 Å². The Morgan fingerprint density at radius 3 is 2.63 bits per heavy atom. The van der Waals surface area contributed by atoms with Crippen LogP contribution in [0.2, 0.25) is 0 Å². The molecule has 0 radical (unpaired) electrons. The van der Waals surface area contributed by atoms with E-state index in [0.29, 0.717) is 18.8 Å². The highest BCUT2D eigenvalue weighted by atomic mass is 32.2. The zero-order chi connectivity index (χ0) is 20.5. The van der Waals surface area contributed by atoms with Crippen LogP contribution in [0.25, 0.3) is 10.2 Å². The molecule has 154 valence electrons. The van der Waals surface area contributed by atoms with Gasteiger partial charge in [0, 0.05) is 31.2 Å². The summed E-state index contributed by atoms with van der Waals surface area (Å²) in [6.45, 7) is 2.09. The van der Waals surface area contributed by atoms with E-state index in [1.807, 2.05) is 46.2 Å². The molecule has 1 saturated heterocycles. The van der Waals surface area contributed by atoms with Crippen molar-refractivity contribution in [2.45, 2.75) is 23.6 Å². The summed E-state index contributed by atoms with van der Waals surface area (Å²) in [4.78, 5) is 34.2. The molecule has 0 N–H and O–H groups in total. The second-order valence-corrected chi connectivity index (χ2v) is 10.0. The molecule has 1 fully saturated rings. The molecule has 0 unspecified atom stereocenters. The monoisotopic (exact) mass is 437 g/mol. The first-order valence-corrected chi connectivity index (χ1v) is 12.1. The number of piperidine rings is 1. The Bertz CT molecular complexity index is 1060. The standard InChI is InChI=1S/C23H23N3O2S2/c27-21(15-29-23-24-18-6-2-4-8-20(18)30-23)25-12-9-17(10-13-25)22(28)26-14-11-16-5-1-3-7-19(16)26/h1-8,17H,9-15H2. The van der Waals surface area contributed by atoms with E-state index in [4.69, 9.17) is 0 Å². The van der Waals surface area contributed by atoms with E-state index in [1.54, 1.807) is 11.3 Å². The Hall–Kier alpha value is -2.38. The number of thioether (sulfide) groups is 1. The third kappa shape index (κ3) is 3.84. The Morgan fingerprint density at radius 1 is 1.03 bits per heavy atom. The molecule has 30 heavy (non-hydrogen) atoms. The van der Waals surface area contributed by atoms with E-state index < -0.39 is 0 Å². The normalized spacial score (nSPS) is 16.8. The Balaban J connectivity index is 1.14. The number of carbonyl (C=O) groups is 2. The molecule has 0 saturated carbocycles. The van der Waals surface area contributed by atoms with E-state index in [0.717, 1.165) is 46.1 Å². The topological polar surface area (TPSA) is 53.5 Å². The van der Waals surface area contributed by atoms with Crippen LogP contribution in [0, 0.1) is 5.92 Å². The maximum absolute atomic E-state index is 13.0. The van der Waals surface area contributed by atoms with Gasteiger partial charge in [-0.05, 0) is 43.0 Å². The molecule has 0 bridgehead atoms. The predicted molar refractivity (Wildman–Crippen MR) is 122 cm³/mol. The van der Waals surface area contributed by atoms with E-state index >= 15 is 0 Å². The summed E-state index contributed by atoms with van der Waals surface area (Å²) in [6, 6.07) is 16.2. The molecule has 0 spiro atoms. The highest BCUT2D eigenvalue weighted by Crippen LogP contribution is 2.32. The summed E-state index contributed by atoms with van der Waals surface area (Å²) in [5, 5.41) is 0. The fourth-order valence-corrected chi connectivity index (χ4v) is 6.26. The number of hydrogen-bond acceptors (Lipinski definition) is 5. The summed E-state index contributed by atoms with van der Waals surface area (Å²) in [5.74, 6) is 0.766. The minimum absolute atomic E-state index is 0.0112. The lowest BCUT2D eigenvalue weighted by molar-refractivity contribution is -0.132. The number of anilines is 1. The van der Waals surface area contributed by atoms with Crippen LogP contribution in [0.4, 0.5) is 5.69 Å². The van der Waals surface area contributed by atoms with Gasteiger partial charge in [-0.3, -0.25) is 9.59 Å². The number of nitrogens with zero attached hydrogens (tertiary/aromatic N) is 3. The van der Waals surface area contributed by atoms with Crippen molar-refractivity contribution < 1.29 is 9.59 Å². The van der Waals surface area contributed by atoms with Crippen molar-refractivity contribution >= 4 is 50.8 Å². The van der Waals surface area contributed by atoms with Crippen molar-refractivity contribution in [1.29, 1.82) is 0 Å². The largest absolute Gasteiger partial charge is 0.342 e. The Kier molecular flexibility index (Phi) is 5.48. The number of aromatic nitrogens is 1. The molecule has 2 amide bonds. The molecule has 0 atom stereocenters. The SMILES string of the molecule is O=C(CSc1nc2ccccc2s1)N1CCC(C(=O)N2CCc3ccccc32)CC1. The second-order valence-electron chi connectivity index (χ2n) is 7.76. The molecule has 3 aromatic rings. The third-order valence-electron chi connectivity index (χ3n) is 5.94. The zero-order valence-corrected chi connectivity index (χ0v) is 18.3. The fourth-order valence-electron chi connectivity index (χ4n) is 4.29. The summed E-state index contributed by atoms with van der Waals surface area (Å²) >= 11 is 3.14. The Morgan fingerprint density at radius 2 is 1.80 bits per heavy atom. The minimum Gasteiger partial charge on any atom is -0.342 e. The van der Waals surface area contributed by atoms with Crippen LogP contribution in [0.1, 0.15) is 18.4 Å². The summed E-state index contributed by atoms with van der Waals surface area (Å²) in [5.41, 5.74) is 3.30. The number of carbonyl (C=O) groups excluding carboxylic acids is 2. The maximum Gasteiger partial charge on any atom is 0.233 e. The van der Waals surface area contributed by atoms with Gasteiger partial charge in [0.1, 0.15) is 0 Å². The van der Waals surface area contributed by atoms with Gasteiger partial charge in [0.05, 0.1) is 16.0 Å². The van der Waals surface area contributed by atoms with Gasteiger partial charge in [-0.25, -0.2) is 4.98 Å². The van der Waals surface area contributed by atoms with Gasteiger partial charge in [-0.1, -0.05) is 42.1 Å². The number of fused-ring (bicyclic) bond motifs is 2. The van der Waals surface area contributed by atoms with Gasteiger partial charge in [0.2, 0.25) is 11.8 Å². The highest BCUT2D eigenvalue weighted by Gasteiger charge is 2.33. The average Bonchev–Trinajstić information content (AvgIpc) is 3.41. The van der Waals surface area contributed by atoms with Crippen LogP contribution in [-0.4, -0.2) is 47.1 Å². The molecule has 2 aromatic carbocycles. The van der Waals surface area contributed by atoms with Crippen LogP contribution < -0.4 is 4.90 Å². The van der Waals surface area contributed by atoms with Crippen LogP contribution in [0.15, 0.2) is 52.9 Å². The van der Waals surface area contributed by atoms with Crippen LogP contribution in [-0.2, 0) is 16.0 Å². The third-order valence-corrected chi connectivity index (χ3v) is 8.11. The highest BCUT2D eigenvalue weighted by molar-refractivity contribution is 8.01. The van der Waals surface area contributed by atoms with E-state index in [2.05, 4.69) is 17.1 Å². The number of rotatable bonds is 4. The first-order chi connectivity index (χ1) is 14.7. The molecular formula is C23H23N3O2S2. The van der Waals surface area contributed by atoms with E-state index in [1.165, 1.54) is 17.3 Å². The van der Waals surface area contributed by atoms with Gasteiger partial charge in [-0.15, -0.1) is 11.3 Å². The molecule has 3 heterocycles. The lowest BCUT2D eigenvalue weighted by Crippen LogP contribution is -2.44. The summed E-state index contributed by atoms with van der Waals surface area (Å²) < 4.78 is 2.08. The van der Waals surface area contributed by atoms with Gasteiger partial charge in [0.25, 0.3) is 0 Å². The Labute approximate surface area is 184 Å². The van der Waals surface area contributed by atoms with Crippen molar-refractivity contribution in [2.75, 3.05) is 30.3 Å². The molecule has 7 heteroatoms. The van der Waals surface area contributed by atoms with Gasteiger partial charge in [0.15, 0.2) is 4.34 Å². The average molecular weight is 438 g/mol. The number of hydrogen-bond donors (Lipinski definition) is 0. The van der Waals surface area contributed by atoms with Crippen LogP contribution >= 0.6 is 23.1 Å². The van der Waals surface area contributed by atoms with Gasteiger partial charge < -0.3 is 9.80 Å². The smallest absolute Gasteiger partial charge is 0.233 e. The van der Waals surface area contributed by atoms with Crippen molar-refractivity contribution in [3.8, 4) is 0 Å². The zero-order valence-electron chi connectivity index (χ0n) is 16.6. The van der Waals surface area contributed by atoms with Crippen molar-refractivity contribution in [3.05, 3.63) is 54.1 Å². The number of likely N-dealkylation sites (tertiary alicyclic amines) is 1. The van der Waals surface area contributed by atoms with Crippen LogP contribution in [0.3, 0.4) is 0 Å². The molecule has 2 aliphatic rings. The molecule has 5 nitrogen and oxygen atoms in total. The first kappa shape index (κ1) is 19.6. The fraction of sp³-hybridized carbons (Fsp3) is 0.348. The van der Waals surface area contributed by atoms with Gasteiger partial charge >= 0.3 is 0 Å². The summed E-state index contributed by atoms with van der Waals surface area (Å²) in [6.07, 6.45) is 2.42. The number of amides is 2. The molecule has 1 aromatic heterocycles. The minimum atomic E-state index is 0.0112.